The van der Waals surface area contributed by atoms with Crippen molar-refractivity contribution in [1.29, 1.82) is 0 Å². The minimum absolute atomic E-state index is 0.275. The van der Waals surface area contributed by atoms with Gasteiger partial charge in [0.1, 0.15) is 0 Å². The van der Waals surface area contributed by atoms with E-state index in [1.807, 2.05) is 12.3 Å². The molecule has 0 spiro atoms. The lowest BCUT2D eigenvalue weighted by Gasteiger charge is -2.33. The number of Topliss-reactive ketones (excluding diaryl/α,β-unsaturated/α-hetero) is 1. The van der Waals surface area contributed by atoms with Gasteiger partial charge in [-0.1, -0.05) is 0 Å². The number of carbonyl (C=O) groups excluding carboxylic acids is 1. The first kappa shape index (κ1) is 10.8. The molecule has 0 bridgehead atoms. The number of hydrogen-bond acceptors (Lipinski definition) is 4. The Morgan fingerprint density at radius 3 is 3.13 bits per heavy atom. The molecule has 3 nitrogen and oxygen atoms in total. The van der Waals surface area contributed by atoms with Crippen molar-refractivity contribution < 1.29 is 4.79 Å². The summed E-state index contributed by atoms with van der Waals surface area (Å²) in [6, 6.07) is 0. The van der Waals surface area contributed by atoms with Gasteiger partial charge < -0.3 is 5.32 Å². The number of ketones is 1. The number of aromatic nitrogens is 1. The van der Waals surface area contributed by atoms with Crippen LogP contribution in [0.25, 0.3) is 0 Å². The van der Waals surface area contributed by atoms with Crippen LogP contribution in [0.4, 0.5) is 0 Å². The molecule has 15 heavy (non-hydrogen) atoms. The van der Waals surface area contributed by atoms with Crippen molar-refractivity contribution in [3.63, 3.8) is 0 Å². The van der Waals surface area contributed by atoms with E-state index in [9.17, 15) is 4.79 Å². The molecule has 0 aromatic carbocycles. The number of rotatable bonds is 3. The molecule has 1 aromatic heterocycles. The summed E-state index contributed by atoms with van der Waals surface area (Å²) in [6.07, 6.45) is 5.51. The average Bonchev–Trinajstić information content (AvgIpc) is 2.71. The minimum atomic E-state index is -0.316. The summed E-state index contributed by atoms with van der Waals surface area (Å²) < 4.78 is 0. The van der Waals surface area contributed by atoms with Gasteiger partial charge in [-0.05, 0) is 32.7 Å². The van der Waals surface area contributed by atoms with Crippen molar-refractivity contribution in [2.75, 3.05) is 6.54 Å². The van der Waals surface area contributed by atoms with E-state index in [-0.39, 0.29) is 11.3 Å². The highest BCUT2D eigenvalue weighted by Crippen LogP contribution is 2.21. The van der Waals surface area contributed by atoms with Gasteiger partial charge in [0.05, 0.1) is 17.0 Å². The van der Waals surface area contributed by atoms with E-state index in [0.29, 0.717) is 6.42 Å². The second-order valence-electron chi connectivity index (χ2n) is 4.24. The Hall–Kier alpha value is -0.740. The molecule has 2 rings (SSSR count). The van der Waals surface area contributed by atoms with Crippen LogP contribution in [0.5, 0.6) is 0 Å². The van der Waals surface area contributed by atoms with Crippen LogP contribution in [0, 0.1) is 0 Å². The Kier molecular flexibility index (Phi) is 3.17. The van der Waals surface area contributed by atoms with Crippen molar-refractivity contribution in [2.24, 2.45) is 0 Å². The number of carbonyl (C=O) groups is 1. The van der Waals surface area contributed by atoms with Crippen LogP contribution < -0.4 is 5.32 Å². The van der Waals surface area contributed by atoms with Gasteiger partial charge in [-0.2, -0.15) is 0 Å². The van der Waals surface area contributed by atoms with Gasteiger partial charge in [0.15, 0.2) is 5.78 Å². The van der Waals surface area contributed by atoms with Gasteiger partial charge in [0, 0.05) is 11.6 Å². The second-order valence-corrected chi connectivity index (χ2v) is 5.22. The van der Waals surface area contributed by atoms with Crippen LogP contribution in [-0.2, 0) is 11.2 Å². The van der Waals surface area contributed by atoms with E-state index in [1.165, 1.54) is 6.42 Å². The molecular formula is C11H16N2OS. The summed E-state index contributed by atoms with van der Waals surface area (Å²) in [5.41, 5.74) is -0.316. The van der Waals surface area contributed by atoms with Crippen LogP contribution >= 0.6 is 11.3 Å². The molecule has 1 atom stereocenters. The van der Waals surface area contributed by atoms with E-state index in [1.54, 1.807) is 17.5 Å². The average molecular weight is 224 g/mol. The zero-order valence-electron chi connectivity index (χ0n) is 8.95. The predicted molar refractivity (Wildman–Crippen MR) is 61.1 cm³/mol. The normalized spacial score (nSPS) is 26.5. The van der Waals surface area contributed by atoms with E-state index in [0.717, 1.165) is 24.4 Å². The maximum Gasteiger partial charge on any atom is 0.159 e. The highest BCUT2D eigenvalue weighted by Gasteiger charge is 2.33. The summed E-state index contributed by atoms with van der Waals surface area (Å²) in [7, 11) is 0. The third-order valence-electron chi connectivity index (χ3n) is 3.03. The van der Waals surface area contributed by atoms with Crippen LogP contribution in [0.2, 0.25) is 0 Å². The monoisotopic (exact) mass is 224 g/mol. The third-order valence-corrected chi connectivity index (χ3v) is 3.81. The first-order valence-corrected chi connectivity index (χ1v) is 6.25. The number of nitrogens with zero attached hydrogens (tertiary/aromatic N) is 1. The predicted octanol–water partition coefficient (Wildman–Crippen LogP) is 1.79. The summed E-state index contributed by atoms with van der Waals surface area (Å²) in [6.45, 7) is 2.97. The lowest BCUT2D eigenvalue weighted by atomic mass is 9.85. The van der Waals surface area contributed by atoms with Gasteiger partial charge in [0.2, 0.25) is 0 Å². The van der Waals surface area contributed by atoms with Crippen molar-refractivity contribution in [3.05, 3.63) is 16.6 Å². The number of nitrogens with one attached hydrogen (secondary N) is 1. The Bertz CT molecular complexity index is 328. The quantitative estimate of drug-likeness (QED) is 0.851. The van der Waals surface area contributed by atoms with Gasteiger partial charge >= 0.3 is 0 Å². The van der Waals surface area contributed by atoms with Gasteiger partial charge in [-0.3, -0.25) is 4.79 Å². The topological polar surface area (TPSA) is 42.0 Å². The number of piperidine rings is 1. The molecule has 2 heterocycles. The third kappa shape index (κ3) is 2.44. The number of thiazole rings is 1. The van der Waals surface area contributed by atoms with E-state index in [2.05, 4.69) is 10.3 Å². The van der Waals surface area contributed by atoms with Crippen LogP contribution in [-0.4, -0.2) is 22.9 Å². The Labute approximate surface area is 93.9 Å². The summed E-state index contributed by atoms with van der Waals surface area (Å²) in [5.74, 6) is 0.275. The first-order chi connectivity index (χ1) is 7.21. The smallest absolute Gasteiger partial charge is 0.159 e. The van der Waals surface area contributed by atoms with Crippen molar-refractivity contribution in [3.8, 4) is 0 Å². The summed E-state index contributed by atoms with van der Waals surface area (Å²) >= 11 is 1.55. The molecule has 82 valence electrons. The molecular weight excluding hydrogens is 208 g/mol. The SMILES string of the molecule is CC1(C(=O)Cc2nccs2)CCCCN1. The molecule has 0 saturated carbocycles. The van der Waals surface area contributed by atoms with Crippen LogP contribution in [0.15, 0.2) is 11.6 Å². The van der Waals surface area contributed by atoms with E-state index < -0.39 is 0 Å². The van der Waals surface area contributed by atoms with E-state index in [4.69, 9.17) is 0 Å². The van der Waals surface area contributed by atoms with Crippen molar-refractivity contribution >= 4 is 17.1 Å². The molecule has 1 saturated heterocycles. The van der Waals surface area contributed by atoms with Crippen LogP contribution in [0.3, 0.4) is 0 Å². The fourth-order valence-electron chi connectivity index (χ4n) is 1.97. The van der Waals surface area contributed by atoms with E-state index >= 15 is 0 Å². The zero-order chi connectivity index (χ0) is 10.7. The molecule has 0 radical (unpaired) electrons. The van der Waals surface area contributed by atoms with Crippen molar-refractivity contribution in [2.45, 2.75) is 38.1 Å². The summed E-state index contributed by atoms with van der Waals surface area (Å²) in [4.78, 5) is 16.2. The molecule has 1 N–H and O–H groups in total. The standard InChI is InChI=1S/C11H16N2OS/c1-11(4-2-3-5-13-11)9(14)8-10-12-6-7-15-10/h6-7,13H,2-5,8H2,1H3. The largest absolute Gasteiger partial charge is 0.305 e. The lowest BCUT2D eigenvalue weighted by Crippen LogP contribution is -2.52. The highest BCUT2D eigenvalue weighted by atomic mass is 32.1. The fourth-order valence-corrected chi connectivity index (χ4v) is 2.58. The molecule has 0 amide bonds. The maximum atomic E-state index is 12.1. The molecule has 1 unspecified atom stereocenters. The van der Waals surface area contributed by atoms with Crippen molar-refractivity contribution in [1.82, 2.24) is 10.3 Å². The van der Waals surface area contributed by atoms with Crippen LogP contribution in [0.1, 0.15) is 31.2 Å². The molecule has 1 aromatic rings. The van der Waals surface area contributed by atoms with Gasteiger partial charge in [0.25, 0.3) is 0 Å². The fraction of sp³-hybridized carbons (Fsp3) is 0.636. The lowest BCUT2D eigenvalue weighted by molar-refractivity contribution is -0.125. The Morgan fingerprint density at radius 1 is 1.67 bits per heavy atom. The highest BCUT2D eigenvalue weighted by molar-refractivity contribution is 7.09. The first-order valence-electron chi connectivity index (χ1n) is 5.37. The summed E-state index contributed by atoms with van der Waals surface area (Å²) in [5, 5.41) is 6.18. The van der Waals surface area contributed by atoms with Gasteiger partial charge in [-0.25, -0.2) is 4.98 Å². The Balaban J connectivity index is 2.00. The molecule has 1 aliphatic rings. The van der Waals surface area contributed by atoms with Gasteiger partial charge in [-0.15, -0.1) is 11.3 Å². The maximum absolute atomic E-state index is 12.1. The Morgan fingerprint density at radius 2 is 2.53 bits per heavy atom. The zero-order valence-corrected chi connectivity index (χ0v) is 9.77. The number of hydrogen-bond donors (Lipinski definition) is 1. The molecule has 4 heteroatoms. The molecule has 1 aliphatic heterocycles. The molecule has 1 fully saturated rings. The second kappa shape index (κ2) is 4.41. The minimum Gasteiger partial charge on any atom is -0.305 e. The molecule has 0 aliphatic carbocycles.